The second-order valence-electron chi connectivity index (χ2n) is 3.61. The van der Waals surface area contributed by atoms with Crippen LogP contribution in [0.1, 0.15) is 24.1 Å². The Bertz CT molecular complexity index is 480. The zero-order chi connectivity index (χ0) is 11.4. The molecule has 1 atom stereocenters. The van der Waals surface area contributed by atoms with E-state index in [2.05, 4.69) is 29.8 Å². The van der Waals surface area contributed by atoms with Gasteiger partial charge in [0, 0.05) is 17.1 Å². The maximum atomic E-state index is 8.71. The van der Waals surface area contributed by atoms with Crippen molar-refractivity contribution in [2.75, 3.05) is 5.32 Å². The van der Waals surface area contributed by atoms with Crippen LogP contribution in [-0.4, -0.2) is 0 Å². The zero-order valence-electron chi connectivity index (χ0n) is 8.97. The predicted octanol–water partition coefficient (Wildman–Crippen LogP) is 3.79. The molecule has 1 heterocycles. The minimum absolute atomic E-state index is 0.252. The van der Waals surface area contributed by atoms with Gasteiger partial charge in [0.1, 0.15) is 0 Å². The topological polar surface area (TPSA) is 35.8 Å². The Labute approximate surface area is 99.2 Å². The summed E-state index contributed by atoms with van der Waals surface area (Å²) in [5.74, 6) is 0. The predicted molar refractivity (Wildman–Crippen MR) is 67.5 cm³/mol. The first kappa shape index (κ1) is 10.7. The van der Waals surface area contributed by atoms with Crippen LogP contribution < -0.4 is 5.32 Å². The summed E-state index contributed by atoms with van der Waals surface area (Å²) in [6, 6.07) is 12.1. The Kier molecular flexibility index (Phi) is 3.23. The molecular formula is C13H12N2S. The minimum Gasteiger partial charge on any atom is -0.378 e. The van der Waals surface area contributed by atoms with Crippen molar-refractivity contribution in [1.82, 2.24) is 0 Å². The Hall–Kier alpha value is -1.79. The van der Waals surface area contributed by atoms with Gasteiger partial charge >= 0.3 is 0 Å². The summed E-state index contributed by atoms with van der Waals surface area (Å²) in [5.41, 5.74) is 3.03. The molecule has 80 valence electrons. The number of nitrogens with one attached hydrogen (secondary N) is 1. The summed E-state index contributed by atoms with van der Waals surface area (Å²) >= 11 is 1.68. The van der Waals surface area contributed by atoms with Crippen molar-refractivity contribution in [1.29, 1.82) is 5.26 Å². The molecule has 2 rings (SSSR count). The SMILES string of the molecule is CC(Nc1ccsc1)c1ccc(C#N)cc1. The van der Waals surface area contributed by atoms with Crippen LogP contribution in [0.3, 0.4) is 0 Å². The van der Waals surface area contributed by atoms with Crippen molar-refractivity contribution < 1.29 is 0 Å². The lowest BCUT2D eigenvalue weighted by Crippen LogP contribution is -2.05. The van der Waals surface area contributed by atoms with E-state index >= 15 is 0 Å². The van der Waals surface area contributed by atoms with Crippen molar-refractivity contribution in [2.24, 2.45) is 0 Å². The van der Waals surface area contributed by atoms with E-state index in [1.807, 2.05) is 29.6 Å². The van der Waals surface area contributed by atoms with Gasteiger partial charge < -0.3 is 5.32 Å². The van der Waals surface area contributed by atoms with Crippen LogP contribution in [0.15, 0.2) is 41.1 Å². The first-order valence-electron chi connectivity index (χ1n) is 5.08. The Morgan fingerprint density at radius 1 is 1.25 bits per heavy atom. The molecule has 0 saturated heterocycles. The Morgan fingerprint density at radius 3 is 2.56 bits per heavy atom. The molecule has 0 aliphatic rings. The number of rotatable bonds is 3. The maximum Gasteiger partial charge on any atom is 0.0991 e. The lowest BCUT2D eigenvalue weighted by atomic mass is 10.1. The number of hydrogen-bond acceptors (Lipinski definition) is 3. The number of nitrogens with zero attached hydrogens (tertiary/aromatic N) is 1. The summed E-state index contributed by atoms with van der Waals surface area (Å²) in [6.45, 7) is 2.11. The molecule has 0 saturated carbocycles. The second kappa shape index (κ2) is 4.82. The van der Waals surface area contributed by atoms with Gasteiger partial charge in [0.2, 0.25) is 0 Å². The van der Waals surface area contributed by atoms with Crippen LogP contribution in [0.2, 0.25) is 0 Å². The highest BCUT2D eigenvalue weighted by molar-refractivity contribution is 7.08. The molecule has 0 bridgehead atoms. The number of anilines is 1. The third kappa shape index (κ3) is 2.41. The second-order valence-corrected chi connectivity index (χ2v) is 4.39. The lowest BCUT2D eigenvalue weighted by Gasteiger charge is -2.14. The first-order valence-corrected chi connectivity index (χ1v) is 6.02. The number of benzene rings is 1. The van der Waals surface area contributed by atoms with Gasteiger partial charge in [0.05, 0.1) is 11.6 Å². The monoisotopic (exact) mass is 228 g/mol. The van der Waals surface area contributed by atoms with E-state index in [1.165, 1.54) is 5.56 Å². The summed E-state index contributed by atoms with van der Waals surface area (Å²) in [4.78, 5) is 0. The standard InChI is InChI=1S/C13H12N2S/c1-10(15-13-6-7-16-9-13)12-4-2-11(8-14)3-5-12/h2-7,9-10,15H,1H3. The van der Waals surface area contributed by atoms with E-state index in [0.29, 0.717) is 5.56 Å². The van der Waals surface area contributed by atoms with E-state index in [1.54, 1.807) is 11.3 Å². The summed E-state index contributed by atoms with van der Waals surface area (Å²) in [7, 11) is 0. The van der Waals surface area contributed by atoms with Crippen molar-refractivity contribution in [3.63, 3.8) is 0 Å². The molecule has 0 radical (unpaired) electrons. The smallest absolute Gasteiger partial charge is 0.0991 e. The van der Waals surface area contributed by atoms with Crippen LogP contribution in [0, 0.1) is 11.3 Å². The highest BCUT2D eigenvalue weighted by atomic mass is 32.1. The van der Waals surface area contributed by atoms with E-state index in [-0.39, 0.29) is 6.04 Å². The molecule has 0 aliphatic carbocycles. The van der Waals surface area contributed by atoms with Gasteiger partial charge in [-0.1, -0.05) is 12.1 Å². The molecule has 0 aliphatic heterocycles. The molecular weight excluding hydrogens is 216 g/mol. The molecule has 1 N–H and O–H groups in total. The van der Waals surface area contributed by atoms with E-state index in [9.17, 15) is 0 Å². The number of nitriles is 1. The van der Waals surface area contributed by atoms with Crippen LogP contribution in [-0.2, 0) is 0 Å². The molecule has 2 nitrogen and oxygen atoms in total. The molecule has 0 amide bonds. The number of thiophene rings is 1. The fourth-order valence-corrected chi connectivity index (χ4v) is 2.12. The summed E-state index contributed by atoms with van der Waals surface area (Å²) < 4.78 is 0. The first-order chi connectivity index (χ1) is 7.79. The Morgan fingerprint density at radius 2 is 2.00 bits per heavy atom. The fourth-order valence-electron chi connectivity index (χ4n) is 1.53. The average molecular weight is 228 g/mol. The van der Waals surface area contributed by atoms with Crippen LogP contribution in [0.5, 0.6) is 0 Å². The molecule has 0 spiro atoms. The quantitative estimate of drug-likeness (QED) is 0.867. The average Bonchev–Trinajstić information content (AvgIpc) is 2.82. The fraction of sp³-hybridized carbons (Fsp3) is 0.154. The minimum atomic E-state index is 0.252. The van der Waals surface area contributed by atoms with Gasteiger partial charge in [-0.2, -0.15) is 16.6 Å². The molecule has 1 aromatic heterocycles. The van der Waals surface area contributed by atoms with Gasteiger partial charge in [-0.15, -0.1) is 0 Å². The van der Waals surface area contributed by atoms with Gasteiger partial charge in [0.15, 0.2) is 0 Å². The van der Waals surface area contributed by atoms with Gasteiger partial charge in [-0.25, -0.2) is 0 Å². The Balaban J connectivity index is 2.09. The lowest BCUT2D eigenvalue weighted by molar-refractivity contribution is 0.886. The highest BCUT2D eigenvalue weighted by Crippen LogP contribution is 2.21. The highest BCUT2D eigenvalue weighted by Gasteiger charge is 2.05. The largest absolute Gasteiger partial charge is 0.378 e. The van der Waals surface area contributed by atoms with Gasteiger partial charge in [-0.3, -0.25) is 0 Å². The maximum absolute atomic E-state index is 8.71. The molecule has 3 heteroatoms. The third-order valence-electron chi connectivity index (χ3n) is 2.44. The van der Waals surface area contributed by atoms with E-state index < -0.39 is 0 Å². The molecule has 1 unspecified atom stereocenters. The molecule has 1 aromatic carbocycles. The van der Waals surface area contributed by atoms with Crippen molar-refractivity contribution in [3.8, 4) is 6.07 Å². The molecule has 0 fully saturated rings. The summed E-state index contributed by atoms with van der Waals surface area (Å²) in [5, 5.41) is 16.2. The molecule has 2 aromatic rings. The van der Waals surface area contributed by atoms with E-state index in [0.717, 1.165) is 5.69 Å². The van der Waals surface area contributed by atoms with E-state index in [4.69, 9.17) is 5.26 Å². The van der Waals surface area contributed by atoms with Crippen molar-refractivity contribution >= 4 is 17.0 Å². The van der Waals surface area contributed by atoms with Crippen LogP contribution in [0.4, 0.5) is 5.69 Å². The van der Waals surface area contributed by atoms with Crippen LogP contribution in [0.25, 0.3) is 0 Å². The van der Waals surface area contributed by atoms with Crippen molar-refractivity contribution in [2.45, 2.75) is 13.0 Å². The molecule has 16 heavy (non-hydrogen) atoms. The van der Waals surface area contributed by atoms with Crippen molar-refractivity contribution in [3.05, 3.63) is 52.2 Å². The third-order valence-corrected chi connectivity index (χ3v) is 3.13. The van der Waals surface area contributed by atoms with Crippen LogP contribution >= 0.6 is 11.3 Å². The van der Waals surface area contributed by atoms with Gasteiger partial charge in [-0.05, 0) is 36.1 Å². The van der Waals surface area contributed by atoms with Gasteiger partial charge in [0.25, 0.3) is 0 Å². The zero-order valence-corrected chi connectivity index (χ0v) is 9.79. The summed E-state index contributed by atoms with van der Waals surface area (Å²) in [6.07, 6.45) is 0. The number of hydrogen-bond donors (Lipinski definition) is 1. The normalized spacial score (nSPS) is 11.8.